The third-order valence-corrected chi connectivity index (χ3v) is 5.79. The lowest BCUT2D eigenvalue weighted by atomic mass is 10.1. The van der Waals surface area contributed by atoms with Gasteiger partial charge in [0.1, 0.15) is 0 Å². The van der Waals surface area contributed by atoms with Gasteiger partial charge in [-0.3, -0.25) is 9.78 Å². The number of nitrogens with one attached hydrogen (secondary N) is 1. The Kier molecular flexibility index (Phi) is 5.35. The minimum Gasteiger partial charge on any atom is -0.322 e. The molecule has 0 aliphatic rings. The monoisotopic (exact) mass is 438 g/mol. The van der Waals surface area contributed by atoms with E-state index in [4.69, 9.17) is 5.10 Å². The van der Waals surface area contributed by atoms with E-state index < -0.39 is 0 Å². The number of nitrogens with zero attached hydrogens (tertiary/aromatic N) is 5. The molecule has 8 heteroatoms. The van der Waals surface area contributed by atoms with Crippen LogP contribution in [0.2, 0.25) is 0 Å². The van der Waals surface area contributed by atoms with Crippen LogP contribution in [0.5, 0.6) is 0 Å². The van der Waals surface area contributed by atoms with Gasteiger partial charge in [0.05, 0.1) is 11.3 Å². The summed E-state index contributed by atoms with van der Waals surface area (Å²) in [6.07, 6.45) is 5.39. The predicted molar refractivity (Wildman–Crippen MR) is 126 cm³/mol. The van der Waals surface area contributed by atoms with Crippen LogP contribution in [0.3, 0.4) is 0 Å². The minimum absolute atomic E-state index is 0.131. The molecule has 0 atom stereocenters. The van der Waals surface area contributed by atoms with Gasteiger partial charge in [-0.25, -0.2) is 0 Å². The van der Waals surface area contributed by atoms with Gasteiger partial charge in [-0.2, -0.15) is 9.61 Å². The molecule has 0 saturated heterocycles. The second-order valence-corrected chi connectivity index (χ2v) is 7.83. The molecule has 0 spiro atoms. The SMILES string of the molecule is CSc1ccccc1C(=O)Nc1ccc(-c2ccc3nnc(-c4ccncc4)n3n2)cc1. The van der Waals surface area contributed by atoms with Crippen LogP contribution in [0, 0.1) is 0 Å². The molecular formula is C24H18N6OS. The molecule has 0 radical (unpaired) electrons. The van der Waals surface area contributed by atoms with Crippen molar-refractivity contribution in [2.45, 2.75) is 4.90 Å². The molecule has 0 bridgehead atoms. The molecule has 1 amide bonds. The van der Waals surface area contributed by atoms with E-state index in [1.54, 1.807) is 28.7 Å². The van der Waals surface area contributed by atoms with E-state index in [0.29, 0.717) is 17.0 Å². The molecule has 0 unspecified atom stereocenters. The molecular weight excluding hydrogens is 420 g/mol. The second kappa shape index (κ2) is 8.60. The van der Waals surface area contributed by atoms with Crippen molar-refractivity contribution in [2.24, 2.45) is 0 Å². The smallest absolute Gasteiger partial charge is 0.256 e. The zero-order chi connectivity index (χ0) is 21.9. The Hall–Kier alpha value is -4.04. The third kappa shape index (κ3) is 3.83. The van der Waals surface area contributed by atoms with Crippen molar-refractivity contribution < 1.29 is 4.79 Å². The Morgan fingerprint density at radius 1 is 0.875 bits per heavy atom. The number of anilines is 1. The molecule has 0 fully saturated rings. The number of thioether (sulfide) groups is 1. The van der Waals surface area contributed by atoms with Gasteiger partial charge in [-0.1, -0.05) is 24.3 Å². The molecule has 0 aliphatic carbocycles. The number of carbonyl (C=O) groups excluding carboxylic acids is 1. The van der Waals surface area contributed by atoms with Crippen molar-refractivity contribution in [1.82, 2.24) is 24.8 Å². The third-order valence-electron chi connectivity index (χ3n) is 4.99. The van der Waals surface area contributed by atoms with Gasteiger partial charge < -0.3 is 5.32 Å². The van der Waals surface area contributed by atoms with Crippen LogP contribution in [0.1, 0.15) is 10.4 Å². The van der Waals surface area contributed by atoms with E-state index in [-0.39, 0.29) is 5.91 Å². The molecule has 3 heterocycles. The topological polar surface area (TPSA) is 85.1 Å². The van der Waals surface area contributed by atoms with Gasteiger partial charge in [-0.15, -0.1) is 22.0 Å². The van der Waals surface area contributed by atoms with E-state index in [0.717, 1.165) is 27.4 Å². The lowest BCUT2D eigenvalue weighted by molar-refractivity contribution is 0.102. The lowest BCUT2D eigenvalue weighted by Gasteiger charge is -2.09. The summed E-state index contributed by atoms with van der Waals surface area (Å²) < 4.78 is 1.72. The Morgan fingerprint density at radius 2 is 1.66 bits per heavy atom. The van der Waals surface area contributed by atoms with E-state index in [1.807, 2.05) is 79.1 Å². The Balaban J connectivity index is 1.41. The highest BCUT2D eigenvalue weighted by Gasteiger charge is 2.12. The first-order valence-electron chi connectivity index (χ1n) is 9.90. The number of rotatable bonds is 5. The van der Waals surface area contributed by atoms with Crippen LogP contribution in [0.25, 0.3) is 28.3 Å². The van der Waals surface area contributed by atoms with Gasteiger partial charge in [0.2, 0.25) is 0 Å². The molecule has 7 nitrogen and oxygen atoms in total. The van der Waals surface area contributed by atoms with E-state index >= 15 is 0 Å². The summed E-state index contributed by atoms with van der Waals surface area (Å²) in [4.78, 5) is 17.7. The van der Waals surface area contributed by atoms with Gasteiger partial charge in [0.25, 0.3) is 5.91 Å². The van der Waals surface area contributed by atoms with E-state index in [1.165, 1.54) is 0 Å². The maximum Gasteiger partial charge on any atom is 0.256 e. The number of carbonyl (C=O) groups is 1. The zero-order valence-corrected chi connectivity index (χ0v) is 18.0. The van der Waals surface area contributed by atoms with Crippen LogP contribution in [0.15, 0.2) is 90.1 Å². The first-order valence-corrected chi connectivity index (χ1v) is 11.1. The standard InChI is InChI=1S/C24H18N6OS/c1-32-21-5-3-2-4-19(21)24(31)26-18-8-6-16(7-9-18)20-10-11-22-27-28-23(30(22)29-20)17-12-14-25-15-13-17/h2-15H,1H3,(H,26,31). The fraction of sp³-hybridized carbons (Fsp3) is 0.0417. The van der Waals surface area contributed by atoms with E-state index in [2.05, 4.69) is 20.5 Å². The summed E-state index contributed by atoms with van der Waals surface area (Å²) in [6.45, 7) is 0. The minimum atomic E-state index is -0.131. The van der Waals surface area contributed by atoms with Crippen LogP contribution in [-0.2, 0) is 0 Å². The van der Waals surface area contributed by atoms with Gasteiger partial charge >= 0.3 is 0 Å². The van der Waals surface area contributed by atoms with Crippen LogP contribution in [-0.4, -0.2) is 37.0 Å². The van der Waals surface area contributed by atoms with Crippen molar-refractivity contribution in [2.75, 3.05) is 11.6 Å². The summed E-state index contributed by atoms with van der Waals surface area (Å²) in [5.74, 6) is 0.523. The first kappa shape index (κ1) is 19.9. The number of amides is 1. The van der Waals surface area contributed by atoms with Crippen molar-refractivity contribution >= 4 is 29.0 Å². The maximum absolute atomic E-state index is 12.7. The number of aromatic nitrogens is 5. The predicted octanol–water partition coefficient (Wildman–Crippen LogP) is 4.83. The first-order chi connectivity index (χ1) is 15.7. The van der Waals surface area contributed by atoms with Gasteiger partial charge in [-0.05, 0) is 54.8 Å². The van der Waals surface area contributed by atoms with Crippen LogP contribution < -0.4 is 5.32 Å². The summed E-state index contributed by atoms with van der Waals surface area (Å²) in [6, 6.07) is 22.7. The number of pyridine rings is 1. The molecule has 2 aromatic carbocycles. The highest BCUT2D eigenvalue weighted by atomic mass is 32.2. The number of hydrogen-bond donors (Lipinski definition) is 1. The quantitative estimate of drug-likeness (QED) is 0.396. The summed E-state index contributed by atoms with van der Waals surface area (Å²) in [5.41, 5.74) is 4.63. The van der Waals surface area contributed by atoms with Crippen LogP contribution >= 0.6 is 11.8 Å². The molecule has 5 rings (SSSR count). The highest BCUT2D eigenvalue weighted by molar-refractivity contribution is 7.98. The van der Waals surface area contributed by atoms with E-state index in [9.17, 15) is 4.79 Å². The van der Waals surface area contributed by atoms with Crippen molar-refractivity contribution in [3.05, 3.63) is 90.8 Å². The molecule has 3 aromatic heterocycles. The molecule has 32 heavy (non-hydrogen) atoms. The number of hydrogen-bond acceptors (Lipinski definition) is 6. The largest absolute Gasteiger partial charge is 0.322 e. The fourth-order valence-corrected chi connectivity index (χ4v) is 3.97. The van der Waals surface area contributed by atoms with Crippen molar-refractivity contribution in [3.8, 4) is 22.6 Å². The number of benzene rings is 2. The van der Waals surface area contributed by atoms with Gasteiger partial charge in [0.15, 0.2) is 11.5 Å². The Morgan fingerprint density at radius 3 is 2.44 bits per heavy atom. The fourth-order valence-electron chi connectivity index (χ4n) is 3.38. The zero-order valence-electron chi connectivity index (χ0n) is 17.1. The summed E-state index contributed by atoms with van der Waals surface area (Å²) in [5, 5.41) is 16.2. The summed E-state index contributed by atoms with van der Waals surface area (Å²) in [7, 11) is 0. The lowest BCUT2D eigenvalue weighted by Crippen LogP contribution is -2.12. The van der Waals surface area contributed by atoms with Crippen molar-refractivity contribution in [1.29, 1.82) is 0 Å². The van der Waals surface area contributed by atoms with Crippen molar-refractivity contribution in [3.63, 3.8) is 0 Å². The second-order valence-electron chi connectivity index (χ2n) is 6.98. The average Bonchev–Trinajstić information content (AvgIpc) is 3.28. The highest BCUT2D eigenvalue weighted by Crippen LogP contribution is 2.24. The number of fused-ring (bicyclic) bond motifs is 1. The Bertz CT molecular complexity index is 1400. The molecule has 1 N–H and O–H groups in total. The molecule has 0 aliphatic heterocycles. The molecule has 0 saturated carbocycles. The summed E-state index contributed by atoms with van der Waals surface area (Å²) >= 11 is 1.55. The Labute approximate surface area is 188 Å². The normalized spacial score (nSPS) is 10.9. The molecule has 156 valence electrons. The maximum atomic E-state index is 12.7. The van der Waals surface area contributed by atoms with Gasteiger partial charge in [0, 0.05) is 34.1 Å². The average molecular weight is 439 g/mol. The molecule has 5 aromatic rings. The van der Waals surface area contributed by atoms with Crippen LogP contribution in [0.4, 0.5) is 5.69 Å².